The molecule has 1 aromatic heterocycles. The molecule has 2 heterocycles. The summed E-state index contributed by atoms with van der Waals surface area (Å²) in [6.45, 7) is 2.95. The van der Waals surface area contributed by atoms with E-state index in [0.29, 0.717) is 42.0 Å². The van der Waals surface area contributed by atoms with E-state index in [9.17, 15) is 9.18 Å². The van der Waals surface area contributed by atoms with Crippen molar-refractivity contribution in [1.82, 2.24) is 9.97 Å². The van der Waals surface area contributed by atoms with E-state index in [1.54, 1.807) is 24.0 Å². The third-order valence-corrected chi connectivity index (χ3v) is 6.12. The van der Waals surface area contributed by atoms with E-state index in [2.05, 4.69) is 15.3 Å². The van der Waals surface area contributed by atoms with Gasteiger partial charge >= 0.3 is 5.97 Å². The van der Waals surface area contributed by atoms with Crippen molar-refractivity contribution in [2.45, 2.75) is 25.4 Å². The average Bonchev–Trinajstić information content (AvgIpc) is 3.31. The van der Waals surface area contributed by atoms with Crippen molar-refractivity contribution in [3.05, 3.63) is 82.5 Å². The van der Waals surface area contributed by atoms with E-state index in [0.717, 1.165) is 11.1 Å². The van der Waals surface area contributed by atoms with E-state index in [1.807, 2.05) is 42.5 Å². The van der Waals surface area contributed by atoms with Gasteiger partial charge in [-0.15, -0.1) is 0 Å². The minimum atomic E-state index is -0.929. The number of rotatable bonds is 9. The van der Waals surface area contributed by atoms with Gasteiger partial charge in [0, 0.05) is 35.9 Å². The molecule has 2 unspecified atom stereocenters. The molecule has 0 spiro atoms. The third-order valence-electron chi connectivity index (χ3n) is 5.86. The van der Waals surface area contributed by atoms with Gasteiger partial charge in [0.1, 0.15) is 17.6 Å². The van der Waals surface area contributed by atoms with Crippen molar-refractivity contribution in [3.8, 4) is 0 Å². The maximum absolute atomic E-state index is 13.8. The number of halogens is 2. The number of carbonyl (C=O) groups excluding carboxylic acids is 1. The van der Waals surface area contributed by atoms with Crippen LogP contribution in [0.1, 0.15) is 40.7 Å². The molecular weight excluding hydrogens is 469 g/mol. The SMILES string of the molecule is CCOC(=O)c1cnc(N2CCC(F)C2)nc1NCC(C(=N)c1ccc(Cl)cc1)c1ccccc1. The molecular formula is C26H27ClFN5O2. The second kappa shape index (κ2) is 11.3. The lowest BCUT2D eigenvalue weighted by Gasteiger charge is -2.22. The fourth-order valence-electron chi connectivity index (χ4n) is 4.02. The number of aromatic nitrogens is 2. The molecule has 1 saturated heterocycles. The monoisotopic (exact) mass is 495 g/mol. The highest BCUT2D eigenvalue weighted by Crippen LogP contribution is 2.26. The van der Waals surface area contributed by atoms with Crippen molar-refractivity contribution in [2.24, 2.45) is 0 Å². The number of hydrogen-bond donors (Lipinski definition) is 2. The highest BCUT2D eigenvalue weighted by atomic mass is 35.5. The summed E-state index contributed by atoms with van der Waals surface area (Å²) in [4.78, 5) is 23.2. The molecule has 3 aromatic rings. The Balaban J connectivity index is 1.64. The van der Waals surface area contributed by atoms with E-state index >= 15 is 0 Å². The van der Waals surface area contributed by atoms with E-state index < -0.39 is 12.1 Å². The van der Waals surface area contributed by atoms with Crippen LogP contribution < -0.4 is 10.2 Å². The first-order valence-corrected chi connectivity index (χ1v) is 11.9. The Morgan fingerprint density at radius 1 is 1.26 bits per heavy atom. The molecule has 4 rings (SSSR count). The Kier molecular flexibility index (Phi) is 7.92. The summed E-state index contributed by atoms with van der Waals surface area (Å²) < 4.78 is 18.9. The third kappa shape index (κ3) is 5.95. The second-order valence-electron chi connectivity index (χ2n) is 8.25. The number of benzene rings is 2. The quantitative estimate of drug-likeness (QED) is 0.316. The lowest BCUT2D eigenvalue weighted by atomic mass is 9.90. The zero-order valence-electron chi connectivity index (χ0n) is 19.4. The van der Waals surface area contributed by atoms with E-state index in [4.69, 9.17) is 21.7 Å². The van der Waals surface area contributed by atoms with Gasteiger partial charge in [0.15, 0.2) is 0 Å². The van der Waals surface area contributed by atoms with Crippen molar-refractivity contribution in [3.63, 3.8) is 0 Å². The first-order chi connectivity index (χ1) is 17.0. The van der Waals surface area contributed by atoms with Crippen LogP contribution in [0.2, 0.25) is 5.02 Å². The van der Waals surface area contributed by atoms with Crippen LogP contribution in [0, 0.1) is 5.41 Å². The van der Waals surface area contributed by atoms with Gasteiger partial charge in [0.2, 0.25) is 5.95 Å². The van der Waals surface area contributed by atoms with Crippen LogP contribution in [0.3, 0.4) is 0 Å². The highest BCUT2D eigenvalue weighted by Gasteiger charge is 2.26. The zero-order valence-corrected chi connectivity index (χ0v) is 20.1. The van der Waals surface area contributed by atoms with Gasteiger partial charge in [-0.3, -0.25) is 0 Å². The minimum absolute atomic E-state index is 0.191. The molecule has 0 amide bonds. The number of esters is 1. The van der Waals surface area contributed by atoms with Crippen molar-refractivity contribution < 1.29 is 13.9 Å². The molecule has 1 aliphatic heterocycles. The number of anilines is 2. The molecule has 0 saturated carbocycles. The fraction of sp³-hybridized carbons (Fsp3) is 0.308. The molecule has 182 valence electrons. The van der Waals surface area contributed by atoms with Crippen molar-refractivity contribution in [1.29, 1.82) is 5.41 Å². The molecule has 2 atom stereocenters. The maximum Gasteiger partial charge on any atom is 0.343 e. The van der Waals surface area contributed by atoms with Gasteiger partial charge in [-0.2, -0.15) is 4.98 Å². The number of hydrogen-bond acceptors (Lipinski definition) is 7. The van der Waals surface area contributed by atoms with Crippen LogP contribution in [0.5, 0.6) is 0 Å². The molecule has 2 aromatic carbocycles. The van der Waals surface area contributed by atoms with Gasteiger partial charge in [0.05, 0.1) is 13.2 Å². The summed E-state index contributed by atoms with van der Waals surface area (Å²) >= 11 is 6.04. The van der Waals surface area contributed by atoms with Crippen LogP contribution >= 0.6 is 11.6 Å². The first kappa shape index (κ1) is 24.6. The number of nitrogens with zero attached hydrogens (tertiary/aromatic N) is 3. The van der Waals surface area contributed by atoms with Crippen LogP contribution in [0.25, 0.3) is 0 Å². The Morgan fingerprint density at radius 3 is 2.66 bits per heavy atom. The maximum atomic E-state index is 13.8. The Bertz CT molecular complexity index is 1180. The topological polar surface area (TPSA) is 91.2 Å². The lowest BCUT2D eigenvalue weighted by molar-refractivity contribution is 0.0526. The van der Waals surface area contributed by atoms with Gasteiger partial charge in [-0.1, -0.05) is 54.1 Å². The predicted octanol–water partition coefficient (Wildman–Crippen LogP) is 5.12. The number of ether oxygens (including phenoxy) is 1. The Labute approximate surface area is 208 Å². The summed E-state index contributed by atoms with van der Waals surface area (Å²) in [5.41, 5.74) is 2.26. The first-order valence-electron chi connectivity index (χ1n) is 11.5. The van der Waals surface area contributed by atoms with Crippen LogP contribution in [-0.2, 0) is 4.74 Å². The van der Waals surface area contributed by atoms with Crippen LogP contribution in [0.15, 0.2) is 60.8 Å². The Morgan fingerprint density at radius 2 is 2.00 bits per heavy atom. The van der Waals surface area contributed by atoms with E-state index in [-0.39, 0.29) is 24.6 Å². The van der Waals surface area contributed by atoms with Gasteiger partial charge in [0.25, 0.3) is 0 Å². The van der Waals surface area contributed by atoms with E-state index in [1.165, 1.54) is 6.20 Å². The molecule has 0 aliphatic carbocycles. The molecule has 9 heteroatoms. The molecule has 2 N–H and O–H groups in total. The number of carbonyl (C=O) groups is 1. The molecule has 7 nitrogen and oxygen atoms in total. The van der Waals surface area contributed by atoms with Gasteiger partial charge in [-0.25, -0.2) is 14.2 Å². The zero-order chi connectivity index (χ0) is 24.8. The Hall–Kier alpha value is -3.52. The summed E-state index contributed by atoms with van der Waals surface area (Å²) in [5, 5.41) is 12.8. The molecule has 35 heavy (non-hydrogen) atoms. The standard InChI is InChI=1S/C26H27ClFN5O2/c1-2-35-25(34)22-15-31-26(33-13-12-20(28)16-33)32-24(22)30-14-21(17-6-4-3-5-7-17)23(29)18-8-10-19(27)11-9-18/h3-11,15,20-21,29H,2,12-14,16H2,1H3,(H,30,31,32). The smallest absolute Gasteiger partial charge is 0.343 e. The van der Waals surface area contributed by atoms with Crippen molar-refractivity contribution in [2.75, 3.05) is 36.5 Å². The van der Waals surface area contributed by atoms with Crippen LogP contribution in [-0.4, -0.2) is 54.1 Å². The normalized spacial score (nSPS) is 16.1. The van der Waals surface area contributed by atoms with Gasteiger partial charge in [-0.05, 0) is 36.6 Å². The van der Waals surface area contributed by atoms with Crippen LogP contribution in [0.4, 0.5) is 16.2 Å². The summed E-state index contributed by atoms with van der Waals surface area (Å²) in [6.07, 6.45) is 0.901. The number of nitrogens with one attached hydrogen (secondary N) is 2. The second-order valence-corrected chi connectivity index (χ2v) is 8.69. The average molecular weight is 496 g/mol. The molecule has 0 bridgehead atoms. The molecule has 1 aliphatic rings. The highest BCUT2D eigenvalue weighted by molar-refractivity contribution is 6.30. The summed E-state index contributed by atoms with van der Waals surface area (Å²) in [6, 6.07) is 16.8. The summed E-state index contributed by atoms with van der Waals surface area (Å²) in [7, 11) is 0. The summed E-state index contributed by atoms with van der Waals surface area (Å²) in [5.74, 6) is -0.242. The minimum Gasteiger partial charge on any atom is -0.462 e. The number of alkyl halides is 1. The largest absolute Gasteiger partial charge is 0.462 e. The van der Waals surface area contributed by atoms with Gasteiger partial charge < -0.3 is 20.4 Å². The molecule has 1 fully saturated rings. The van der Waals surface area contributed by atoms with Crippen molar-refractivity contribution >= 4 is 35.0 Å². The fourth-order valence-corrected chi connectivity index (χ4v) is 4.14. The molecule has 0 radical (unpaired) electrons. The predicted molar refractivity (Wildman–Crippen MR) is 136 cm³/mol. The lowest BCUT2D eigenvalue weighted by Crippen LogP contribution is -2.26.